The van der Waals surface area contributed by atoms with E-state index in [9.17, 15) is 9.59 Å². The average Bonchev–Trinajstić information content (AvgIpc) is 3.12. The summed E-state index contributed by atoms with van der Waals surface area (Å²) in [6.45, 7) is 0. The normalized spacial score (nSPS) is 16.4. The van der Waals surface area contributed by atoms with Gasteiger partial charge in [0.1, 0.15) is 5.76 Å². The van der Waals surface area contributed by atoms with E-state index in [1.165, 1.54) is 6.26 Å². The van der Waals surface area contributed by atoms with Crippen molar-refractivity contribution in [2.45, 2.75) is 0 Å². The molecule has 2 aromatic rings. The molecule has 2 heterocycles. The molecule has 0 saturated carbocycles. The van der Waals surface area contributed by atoms with E-state index in [2.05, 4.69) is 5.43 Å². The maximum atomic E-state index is 12.3. The SMILES string of the molecule is O=C(NN1C(=O)C(=Cc2ccco2)SC1=S)c1ccccc1. The number of thiocarbonyl (C=S) groups is 1. The highest BCUT2D eigenvalue weighted by atomic mass is 32.2. The fourth-order valence-electron chi connectivity index (χ4n) is 1.82. The number of furan rings is 1. The number of hydrazine groups is 1. The van der Waals surface area contributed by atoms with Crippen molar-refractivity contribution < 1.29 is 14.0 Å². The van der Waals surface area contributed by atoms with Crippen LogP contribution in [0.1, 0.15) is 16.1 Å². The number of carbonyl (C=O) groups excluding carboxylic acids is 2. The number of hydrogen-bond donors (Lipinski definition) is 1. The third kappa shape index (κ3) is 2.95. The Balaban J connectivity index is 1.76. The van der Waals surface area contributed by atoms with E-state index in [-0.39, 0.29) is 10.2 Å². The van der Waals surface area contributed by atoms with Crippen molar-refractivity contribution in [3.63, 3.8) is 0 Å². The quantitative estimate of drug-likeness (QED) is 0.692. The lowest BCUT2D eigenvalue weighted by atomic mass is 10.2. The van der Waals surface area contributed by atoms with Gasteiger partial charge in [-0.25, -0.2) is 0 Å². The summed E-state index contributed by atoms with van der Waals surface area (Å²) in [5.41, 5.74) is 2.97. The second kappa shape index (κ2) is 6.17. The summed E-state index contributed by atoms with van der Waals surface area (Å²) < 4.78 is 5.44. The molecule has 0 atom stereocenters. The molecule has 1 aromatic heterocycles. The van der Waals surface area contributed by atoms with Gasteiger partial charge in [-0.05, 0) is 36.5 Å². The summed E-state index contributed by atoms with van der Waals surface area (Å²) in [7, 11) is 0. The van der Waals surface area contributed by atoms with Crippen molar-refractivity contribution in [2.75, 3.05) is 0 Å². The molecule has 0 spiro atoms. The number of amides is 2. The maximum absolute atomic E-state index is 12.3. The highest BCUT2D eigenvalue weighted by molar-refractivity contribution is 8.26. The highest BCUT2D eigenvalue weighted by Gasteiger charge is 2.33. The van der Waals surface area contributed by atoms with Gasteiger partial charge in [0.25, 0.3) is 11.8 Å². The first kappa shape index (κ1) is 14.6. The van der Waals surface area contributed by atoms with Gasteiger partial charge in [-0.2, -0.15) is 5.01 Å². The molecular formula is C15H10N2O3S2. The van der Waals surface area contributed by atoms with Crippen molar-refractivity contribution in [1.29, 1.82) is 0 Å². The van der Waals surface area contributed by atoms with Gasteiger partial charge in [-0.3, -0.25) is 15.0 Å². The van der Waals surface area contributed by atoms with Gasteiger partial charge < -0.3 is 4.42 Å². The molecule has 2 amide bonds. The molecule has 5 nitrogen and oxygen atoms in total. The van der Waals surface area contributed by atoms with Gasteiger partial charge in [0.05, 0.1) is 11.2 Å². The predicted octanol–water partition coefficient (Wildman–Crippen LogP) is 2.83. The first-order valence-electron chi connectivity index (χ1n) is 6.32. The van der Waals surface area contributed by atoms with E-state index in [0.717, 1.165) is 16.8 Å². The molecule has 1 aromatic carbocycles. The number of nitrogens with zero attached hydrogens (tertiary/aromatic N) is 1. The summed E-state index contributed by atoms with van der Waals surface area (Å²) in [5, 5.41) is 1.07. The minimum atomic E-state index is -0.392. The van der Waals surface area contributed by atoms with Crippen LogP contribution in [-0.2, 0) is 4.79 Å². The molecule has 7 heteroatoms. The van der Waals surface area contributed by atoms with Crippen LogP contribution in [0, 0.1) is 0 Å². The van der Waals surface area contributed by atoms with E-state index in [1.54, 1.807) is 42.5 Å². The summed E-state index contributed by atoms with van der Waals surface area (Å²) in [6.07, 6.45) is 3.11. The Morgan fingerprint density at radius 3 is 2.68 bits per heavy atom. The van der Waals surface area contributed by atoms with Crippen molar-refractivity contribution >= 4 is 46.2 Å². The standard InChI is InChI=1S/C15H10N2O3S2/c18-13(10-5-2-1-3-6-10)16-17-14(19)12(22-15(17)21)9-11-7-4-8-20-11/h1-9H,(H,16,18). The first-order chi connectivity index (χ1) is 10.6. The zero-order chi connectivity index (χ0) is 15.5. The van der Waals surface area contributed by atoms with Gasteiger partial charge >= 0.3 is 0 Å². The van der Waals surface area contributed by atoms with Crippen LogP contribution in [0.5, 0.6) is 0 Å². The number of nitrogens with one attached hydrogen (secondary N) is 1. The summed E-state index contributed by atoms with van der Waals surface area (Å²) in [5.74, 6) is -0.221. The molecule has 1 aliphatic heterocycles. The van der Waals surface area contributed by atoms with Crippen LogP contribution in [0.25, 0.3) is 6.08 Å². The van der Waals surface area contributed by atoms with E-state index < -0.39 is 5.91 Å². The Labute approximate surface area is 135 Å². The molecule has 110 valence electrons. The van der Waals surface area contributed by atoms with Crippen LogP contribution in [0.4, 0.5) is 0 Å². The minimum absolute atomic E-state index is 0.270. The fraction of sp³-hybridized carbons (Fsp3) is 0. The van der Waals surface area contributed by atoms with Crippen LogP contribution in [0.2, 0.25) is 0 Å². The van der Waals surface area contributed by atoms with Crippen LogP contribution < -0.4 is 5.43 Å². The Bertz CT molecular complexity index is 754. The van der Waals surface area contributed by atoms with Crippen LogP contribution in [0.3, 0.4) is 0 Å². The molecule has 0 aliphatic carbocycles. The van der Waals surface area contributed by atoms with Crippen LogP contribution >= 0.6 is 24.0 Å². The molecule has 0 radical (unpaired) electrons. The van der Waals surface area contributed by atoms with E-state index in [1.807, 2.05) is 6.07 Å². The Hall–Kier alpha value is -2.38. The lowest BCUT2D eigenvalue weighted by molar-refractivity contribution is -0.123. The summed E-state index contributed by atoms with van der Waals surface area (Å²) in [4.78, 5) is 24.8. The number of thioether (sulfide) groups is 1. The maximum Gasteiger partial charge on any atom is 0.285 e. The van der Waals surface area contributed by atoms with Gasteiger partial charge in [0.15, 0.2) is 4.32 Å². The van der Waals surface area contributed by atoms with Gasteiger partial charge in [-0.1, -0.05) is 30.0 Å². The lowest BCUT2D eigenvalue weighted by Crippen LogP contribution is -2.44. The third-order valence-electron chi connectivity index (χ3n) is 2.86. The predicted molar refractivity (Wildman–Crippen MR) is 87.6 cm³/mol. The van der Waals surface area contributed by atoms with Crippen molar-refractivity contribution in [1.82, 2.24) is 10.4 Å². The first-order valence-corrected chi connectivity index (χ1v) is 7.55. The second-order valence-corrected chi connectivity index (χ2v) is 6.02. The van der Waals surface area contributed by atoms with Crippen LogP contribution in [-0.4, -0.2) is 21.1 Å². The number of rotatable bonds is 3. The van der Waals surface area contributed by atoms with E-state index in [4.69, 9.17) is 16.6 Å². The molecular weight excluding hydrogens is 320 g/mol. The molecule has 1 saturated heterocycles. The van der Waals surface area contributed by atoms with Gasteiger partial charge in [0.2, 0.25) is 0 Å². The number of benzene rings is 1. The smallest absolute Gasteiger partial charge is 0.285 e. The minimum Gasteiger partial charge on any atom is -0.465 e. The molecule has 1 N–H and O–H groups in total. The monoisotopic (exact) mass is 330 g/mol. The number of carbonyl (C=O) groups is 2. The van der Waals surface area contributed by atoms with Gasteiger partial charge in [-0.15, -0.1) is 0 Å². The largest absolute Gasteiger partial charge is 0.465 e. The molecule has 3 rings (SSSR count). The Morgan fingerprint density at radius 2 is 2.00 bits per heavy atom. The zero-order valence-corrected chi connectivity index (χ0v) is 12.8. The third-order valence-corrected chi connectivity index (χ3v) is 4.16. The zero-order valence-electron chi connectivity index (χ0n) is 11.2. The second-order valence-electron chi connectivity index (χ2n) is 4.34. The Morgan fingerprint density at radius 1 is 1.23 bits per heavy atom. The van der Waals surface area contributed by atoms with Crippen molar-refractivity contribution in [3.8, 4) is 0 Å². The van der Waals surface area contributed by atoms with E-state index >= 15 is 0 Å². The lowest BCUT2D eigenvalue weighted by Gasteiger charge is -2.15. The van der Waals surface area contributed by atoms with E-state index in [0.29, 0.717) is 16.2 Å². The van der Waals surface area contributed by atoms with Gasteiger partial charge in [0, 0.05) is 11.6 Å². The molecule has 1 fully saturated rings. The molecule has 0 bridgehead atoms. The summed E-state index contributed by atoms with van der Waals surface area (Å²) in [6, 6.07) is 12.1. The highest BCUT2D eigenvalue weighted by Crippen LogP contribution is 2.31. The summed E-state index contributed by atoms with van der Waals surface area (Å²) >= 11 is 6.25. The van der Waals surface area contributed by atoms with Crippen molar-refractivity contribution in [3.05, 3.63) is 65.0 Å². The van der Waals surface area contributed by atoms with Crippen molar-refractivity contribution in [2.24, 2.45) is 0 Å². The molecule has 0 unspecified atom stereocenters. The topological polar surface area (TPSA) is 62.6 Å². The Kier molecular flexibility index (Phi) is 4.08. The molecule has 22 heavy (non-hydrogen) atoms. The number of hydrogen-bond acceptors (Lipinski definition) is 5. The van der Waals surface area contributed by atoms with Crippen LogP contribution in [0.15, 0.2) is 58.1 Å². The fourth-order valence-corrected chi connectivity index (χ4v) is 2.98. The molecule has 1 aliphatic rings. The average molecular weight is 330 g/mol.